The number of H-pyrrole nitrogens is 1. The molecule has 1 aliphatic rings. The van der Waals surface area contributed by atoms with Gasteiger partial charge in [0.05, 0.1) is 11.7 Å². The van der Waals surface area contributed by atoms with Crippen LogP contribution in [0.25, 0.3) is 21.1 Å². The second-order valence-corrected chi connectivity index (χ2v) is 8.30. The van der Waals surface area contributed by atoms with E-state index in [4.69, 9.17) is 11.6 Å². The summed E-state index contributed by atoms with van der Waals surface area (Å²) in [6, 6.07) is 7.57. The fourth-order valence-corrected chi connectivity index (χ4v) is 4.72. The van der Waals surface area contributed by atoms with Crippen molar-refractivity contribution >= 4 is 50.0 Å². The molecule has 0 atom stereocenters. The van der Waals surface area contributed by atoms with Crippen LogP contribution < -0.4 is 5.56 Å². The number of fused-ring (bicyclic) bond motifs is 4. The maximum atomic E-state index is 12.8. The van der Waals surface area contributed by atoms with Crippen LogP contribution in [0.3, 0.4) is 0 Å². The number of aromatic amines is 1. The van der Waals surface area contributed by atoms with Gasteiger partial charge in [-0.25, -0.2) is 4.98 Å². The fraction of sp³-hybridized carbons (Fsp3) is 0.250. The van der Waals surface area contributed by atoms with Gasteiger partial charge in [-0.15, -0.1) is 11.3 Å². The normalized spacial score (nSPS) is 14.0. The maximum Gasteiger partial charge on any atom is 0.262 e. The first-order chi connectivity index (χ1) is 13.6. The number of carbonyl (C=O) groups is 1. The quantitative estimate of drug-likeness (QED) is 0.559. The van der Waals surface area contributed by atoms with Crippen LogP contribution in [0.4, 0.5) is 0 Å². The van der Waals surface area contributed by atoms with Crippen molar-refractivity contribution in [2.24, 2.45) is 0 Å². The van der Waals surface area contributed by atoms with Gasteiger partial charge in [0.2, 0.25) is 5.91 Å². The summed E-state index contributed by atoms with van der Waals surface area (Å²) in [5.41, 5.74) is 3.26. The average Bonchev–Trinajstić information content (AvgIpc) is 3.31. The van der Waals surface area contributed by atoms with Crippen molar-refractivity contribution in [3.05, 3.63) is 62.6 Å². The minimum absolute atomic E-state index is 0.0411. The van der Waals surface area contributed by atoms with Crippen LogP contribution >= 0.6 is 22.9 Å². The largest absolute Gasteiger partial charge is 0.358 e. The lowest BCUT2D eigenvalue weighted by Gasteiger charge is -2.27. The van der Waals surface area contributed by atoms with E-state index in [1.165, 1.54) is 27.9 Å². The number of aryl methyl sites for hydroxylation is 1. The topological polar surface area (TPSA) is 71.0 Å². The van der Waals surface area contributed by atoms with Gasteiger partial charge in [0, 0.05) is 59.7 Å². The smallest absolute Gasteiger partial charge is 0.262 e. The molecule has 0 unspecified atom stereocenters. The molecule has 8 heteroatoms. The number of benzene rings is 1. The van der Waals surface area contributed by atoms with Crippen molar-refractivity contribution in [1.82, 2.24) is 19.4 Å². The highest BCUT2D eigenvalue weighted by molar-refractivity contribution is 7.16. The molecule has 4 heterocycles. The minimum Gasteiger partial charge on any atom is -0.358 e. The molecule has 4 aromatic rings. The molecule has 0 saturated carbocycles. The summed E-state index contributed by atoms with van der Waals surface area (Å²) in [5.74, 6) is 0.0411. The Balaban J connectivity index is 1.33. The number of nitrogens with zero attached hydrogens (tertiary/aromatic N) is 3. The molecule has 3 aromatic heterocycles. The lowest BCUT2D eigenvalue weighted by atomic mass is 10.0. The Labute approximate surface area is 169 Å². The molecule has 0 bridgehead atoms. The Kier molecular flexibility index (Phi) is 4.21. The van der Waals surface area contributed by atoms with E-state index in [1.807, 2.05) is 28.5 Å². The zero-order valence-electron chi connectivity index (χ0n) is 14.9. The number of halogens is 1. The van der Waals surface area contributed by atoms with Gasteiger partial charge in [-0.2, -0.15) is 0 Å². The second kappa shape index (κ2) is 6.76. The first-order valence-corrected chi connectivity index (χ1v) is 10.4. The second-order valence-electron chi connectivity index (χ2n) is 6.97. The van der Waals surface area contributed by atoms with Crippen molar-refractivity contribution in [3.8, 4) is 0 Å². The van der Waals surface area contributed by atoms with E-state index in [-0.39, 0.29) is 17.9 Å². The summed E-state index contributed by atoms with van der Waals surface area (Å²) in [6.07, 6.45) is 2.59. The van der Waals surface area contributed by atoms with Gasteiger partial charge in [0.25, 0.3) is 5.56 Å². The van der Waals surface area contributed by atoms with E-state index >= 15 is 0 Å². The Bertz CT molecular complexity index is 1270. The Morgan fingerprint density at radius 1 is 1.29 bits per heavy atom. The van der Waals surface area contributed by atoms with Crippen LogP contribution in [0, 0.1) is 0 Å². The van der Waals surface area contributed by atoms with Gasteiger partial charge in [-0.3, -0.25) is 14.2 Å². The Morgan fingerprint density at radius 3 is 3.07 bits per heavy atom. The maximum absolute atomic E-state index is 12.8. The van der Waals surface area contributed by atoms with E-state index in [1.54, 1.807) is 6.07 Å². The standard InChI is InChI=1S/C20H17ClN4O2S/c21-12-1-2-16-14(9-12)15-10-24(6-3-17(15)23-16)18(26)4-7-25-11-22-19-13(20(25)27)5-8-28-19/h1-2,5,8-9,11,23H,3-4,6-7,10H2. The van der Waals surface area contributed by atoms with Gasteiger partial charge < -0.3 is 9.88 Å². The molecule has 0 saturated heterocycles. The number of aromatic nitrogens is 3. The third kappa shape index (κ3) is 2.91. The van der Waals surface area contributed by atoms with Gasteiger partial charge in [0.1, 0.15) is 4.83 Å². The molecular weight excluding hydrogens is 396 g/mol. The van der Waals surface area contributed by atoms with Gasteiger partial charge >= 0.3 is 0 Å². The van der Waals surface area contributed by atoms with Crippen molar-refractivity contribution in [2.75, 3.05) is 6.54 Å². The van der Waals surface area contributed by atoms with Gasteiger partial charge in [-0.1, -0.05) is 11.6 Å². The lowest BCUT2D eigenvalue weighted by Crippen LogP contribution is -2.36. The fourth-order valence-electron chi connectivity index (χ4n) is 3.83. The predicted molar refractivity (Wildman–Crippen MR) is 111 cm³/mol. The SMILES string of the molecule is O=C(CCn1cnc2sccc2c1=O)N1CCc2[nH]c3ccc(Cl)cc3c2C1. The van der Waals surface area contributed by atoms with E-state index < -0.39 is 0 Å². The van der Waals surface area contributed by atoms with Crippen molar-refractivity contribution < 1.29 is 4.79 Å². The number of rotatable bonds is 3. The van der Waals surface area contributed by atoms with Gasteiger partial charge in [-0.05, 0) is 29.6 Å². The molecule has 1 amide bonds. The number of hydrogen-bond donors (Lipinski definition) is 1. The molecule has 0 spiro atoms. The molecule has 0 aliphatic carbocycles. The molecule has 1 N–H and O–H groups in total. The summed E-state index contributed by atoms with van der Waals surface area (Å²) >= 11 is 7.59. The van der Waals surface area contributed by atoms with E-state index in [0.717, 1.165) is 27.7 Å². The monoisotopic (exact) mass is 412 g/mol. The number of nitrogens with one attached hydrogen (secondary N) is 1. The average molecular weight is 413 g/mol. The highest BCUT2D eigenvalue weighted by Crippen LogP contribution is 2.30. The van der Waals surface area contributed by atoms with Crippen LogP contribution in [-0.2, 0) is 24.3 Å². The third-order valence-electron chi connectivity index (χ3n) is 5.31. The van der Waals surface area contributed by atoms with E-state index in [9.17, 15) is 9.59 Å². The zero-order valence-corrected chi connectivity index (χ0v) is 16.5. The van der Waals surface area contributed by atoms with Crippen LogP contribution in [-0.4, -0.2) is 31.9 Å². The number of thiophene rings is 1. The highest BCUT2D eigenvalue weighted by atomic mass is 35.5. The minimum atomic E-state index is -0.0914. The molecule has 1 aromatic carbocycles. The van der Waals surface area contributed by atoms with Crippen molar-refractivity contribution in [3.63, 3.8) is 0 Å². The predicted octanol–water partition coefficient (Wildman–Crippen LogP) is 3.57. The van der Waals surface area contributed by atoms with Crippen molar-refractivity contribution in [1.29, 1.82) is 0 Å². The summed E-state index contributed by atoms with van der Waals surface area (Å²) < 4.78 is 1.52. The Hall–Kier alpha value is -2.64. The lowest BCUT2D eigenvalue weighted by molar-refractivity contribution is -0.132. The number of hydrogen-bond acceptors (Lipinski definition) is 4. The summed E-state index contributed by atoms with van der Waals surface area (Å²) in [6.45, 7) is 1.56. The summed E-state index contributed by atoms with van der Waals surface area (Å²) in [5, 5.41) is 4.22. The molecule has 142 valence electrons. The molecular formula is C20H17ClN4O2S. The summed E-state index contributed by atoms with van der Waals surface area (Å²) in [4.78, 5) is 35.6. The zero-order chi connectivity index (χ0) is 19.3. The third-order valence-corrected chi connectivity index (χ3v) is 6.36. The number of carbonyl (C=O) groups excluding carboxylic acids is 1. The molecule has 28 heavy (non-hydrogen) atoms. The van der Waals surface area contributed by atoms with Crippen molar-refractivity contribution in [2.45, 2.75) is 25.9 Å². The van der Waals surface area contributed by atoms with Crippen LogP contribution in [0.1, 0.15) is 17.7 Å². The van der Waals surface area contributed by atoms with Gasteiger partial charge in [0.15, 0.2) is 0 Å². The summed E-state index contributed by atoms with van der Waals surface area (Å²) in [7, 11) is 0. The first-order valence-electron chi connectivity index (χ1n) is 9.09. The molecule has 1 aliphatic heterocycles. The highest BCUT2D eigenvalue weighted by Gasteiger charge is 2.24. The first kappa shape index (κ1) is 17.5. The molecule has 6 nitrogen and oxygen atoms in total. The van der Waals surface area contributed by atoms with E-state index in [2.05, 4.69) is 9.97 Å². The molecule has 0 radical (unpaired) electrons. The van der Waals surface area contributed by atoms with Crippen LogP contribution in [0.5, 0.6) is 0 Å². The van der Waals surface area contributed by atoms with Crippen LogP contribution in [0.15, 0.2) is 40.8 Å². The Morgan fingerprint density at radius 2 is 2.18 bits per heavy atom. The molecule has 5 rings (SSSR count). The van der Waals surface area contributed by atoms with Crippen LogP contribution in [0.2, 0.25) is 5.02 Å². The van der Waals surface area contributed by atoms with E-state index in [0.29, 0.717) is 30.0 Å². The number of amides is 1. The molecule has 0 fully saturated rings.